The Morgan fingerprint density at radius 2 is 1.61 bits per heavy atom. The van der Waals surface area contributed by atoms with Crippen molar-refractivity contribution in [1.82, 2.24) is 0 Å². The molecule has 1 amide bonds. The minimum absolute atomic E-state index is 0.0410. The Morgan fingerprint density at radius 3 is 2.13 bits per heavy atom. The first-order chi connectivity index (χ1) is 10.7. The van der Waals surface area contributed by atoms with Gasteiger partial charge in [0.25, 0.3) is 0 Å². The molecule has 0 aliphatic rings. The first-order valence-corrected chi connectivity index (χ1v) is 8.82. The van der Waals surface area contributed by atoms with E-state index in [1.54, 1.807) is 6.92 Å². The van der Waals surface area contributed by atoms with Gasteiger partial charge in [0.15, 0.2) is 0 Å². The zero-order valence-corrected chi connectivity index (χ0v) is 14.4. The second-order valence-corrected chi connectivity index (χ2v) is 7.65. The number of hydrogen-bond acceptors (Lipinski definition) is 4. The third kappa shape index (κ3) is 4.03. The van der Waals surface area contributed by atoms with Gasteiger partial charge in [0, 0.05) is 5.69 Å². The highest BCUT2D eigenvalue weighted by molar-refractivity contribution is 7.91. The molecule has 0 bridgehead atoms. The highest BCUT2D eigenvalue weighted by atomic mass is 35.5. The van der Waals surface area contributed by atoms with E-state index in [0.717, 1.165) is 0 Å². The average molecular weight is 373 g/mol. The quantitative estimate of drug-likeness (QED) is 0.862. The van der Waals surface area contributed by atoms with E-state index < -0.39 is 15.9 Å². The molecule has 0 heterocycles. The number of amides is 1. The summed E-state index contributed by atoms with van der Waals surface area (Å²) < 4.78 is 25.1. The lowest BCUT2D eigenvalue weighted by atomic mass is 10.3. The van der Waals surface area contributed by atoms with Gasteiger partial charge in [0.1, 0.15) is 0 Å². The molecule has 2 aromatic rings. The van der Waals surface area contributed by atoms with E-state index >= 15 is 0 Å². The van der Waals surface area contributed by atoms with Crippen LogP contribution in [0.2, 0.25) is 10.0 Å². The minimum Gasteiger partial charge on any atom is -0.325 e. The fourth-order valence-corrected chi connectivity index (χ4v) is 3.40. The third-order valence-electron chi connectivity index (χ3n) is 3.05. The fourth-order valence-electron chi connectivity index (χ4n) is 1.75. The molecule has 122 valence electrons. The summed E-state index contributed by atoms with van der Waals surface area (Å²) in [6.45, 7) is 1.55. The molecule has 1 unspecified atom stereocenters. The first kappa shape index (κ1) is 17.7. The van der Waals surface area contributed by atoms with Gasteiger partial charge in [-0.25, -0.2) is 8.42 Å². The van der Waals surface area contributed by atoms with Crippen molar-refractivity contribution in [2.75, 3.05) is 5.32 Å². The highest BCUT2D eigenvalue weighted by Gasteiger charge is 2.19. The van der Waals surface area contributed by atoms with Gasteiger partial charge in [-0.15, -0.1) is 0 Å². The van der Waals surface area contributed by atoms with Crippen molar-refractivity contribution >= 4 is 44.6 Å². The smallest absolute Gasteiger partial charge is 0.240 e. The predicted molar refractivity (Wildman–Crippen MR) is 90.6 cm³/mol. The summed E-state index contributed by atoms with van der Waals surface area (Å²) in [5.74, 6) is -0.356. The molecule has 8 heteroatoms. The molecule has 0 aliphatic heterocycles. The number of nitrogens with one attached hydrogen (secondary N) is 1. The molecule has 0 fully saturated rings. The van der Waals surface area contributed by atoms with Crippen LogP contribution < -0.4 is 11.1 Å². The SMILES string of the molecule is CC(N)C(=O)Nc1ccc(S(=O)(=O)c2ccc(Cl)c(Cl)c2)cc1. The second-order valence-electron chi connectivity index (χ2n) is 4.88. The van der Waals surface area contributed by atoms with Crippen molar-refractivity contribution in [3.05, 3.63) is 52.5 Å². The van der Waals surface area contributed by atoms with Crippen molar-refractivity contribution in [2.24, 2.45) is 5.73 Å². The van der Waals surface area contributed by atoms with Gasteiger partial charge in [-0.3, -0.25) is 4.79 Å². The van der Waals surface area contributed by atoms with E-state index in [-0.39, 0.29) is 25.7 Å². The summed E-state index contributed by atoms with van der Waals surface area (Å²) in [5.41, 5.74) is 5.91. The monoisotopic (exact) mass is 372 g/mol. The van der Waals surface area contributed by atoms with Crippen molar-refractivity contribution in [3.63, 3.8) is 0 Å². The van der Waals surface area contributed by atoms with Gasteiger partial charge in [-0.05, 0) is 49.4 Å². The molecule has 0 saturated heterocycles. The predicted octanol–water partition coefficient (Wildman–Crippen LogP) is 3.11. The number of rotatable bonds is 4. The van der Waals surface area contributed by atoms with Crippen LogP contribution >= 0.6 is 23.2 Å². The van der Waals surface area contributed by atoms with Crippen molar-refractivity contribution in [1.29, 1.82) is 0 Å². The summed E-state index contributed by atoms with van der Waals surface area (Å²) in [6.07, 6.45) is 0. The molecule has 2 aromatic carbocycles. The Morgan fingerprint density at radius 1 is 1.04 bits per heavy atom. The van der Waals surface area contributed by atoms with Crippen molar-refractivity contribution in [3.8, 4) is 0 Å². The third-order valence-corrected chi connectivity index (χ3v) is 5.55. The zero-order chi connectivity index (χ0) is 17.2. The summed E-state index contributed by atoms with van der Waals surface area (Å²) in [6, 6.07) is 9.22. The van der Waals surface area contributed by atoms with Gasteiger partial charge >= 0.3 is 0 Å². The van der Waals surface area contributed by atoms with Crippen LogP contribution in [0.25, 0.3) is 0 Å². The van der Waals surface area contributed by atoms with E-state index in [4.69, 9.17) is 28.9 Å². The van der Waals surface area contributed by atoms with E-state index in [9.17, 15) is 13.2 Å². The Bertz CT molecular complexity index is 834. The Balaban J connectivity index is 2.30. The van der Waals surface area contributed by atoms with Crippen LogP contribution in [0.1, 0.15) is 6.92 Å². The van der Waals surface area contributed by atoms with Crippen LogP contribution in [0, 0.1) is 0 Å². The van der Waals surface area contributed by atoms with Crippen molar-refractivity contribution in [2.45, 2.75) is 22.8 Å². The van der Waals surface area contributed by atoms with Gasteiger partial charge < -0.3 is 11.1 Å². The summed E-state index contributed by atoms with van der Waals surface area (Å²) in [4.78, 5) is 11.6. The molecule has 0 aromatic heterocycles. The molecule has 3 N–H and O–H groups in total. The van der Waals surface area contributed by atoms with Crippen LogP contribution in [0.4, 0.5) is 5.69 Å². The van der Waals surface area contributed by atoms with E-state index in [1.807, 2.05) is 0 Å². The maximum absolute atomic E-state index is 12.5. The number of carbonyl (C=O) groups excluding carboxylic acids is 1. The number of nitrogens with two attached hydrogens (primary N) is 1. The zero-order valence-electron chi connectivity index (χ0n) is 12.1. The lowest BCUT2D eigenvalue weighted by molar-refractivity contribution is -0.117. The molecule has 23 heavy (non-hydrogen) atoms. The molecule has 2 rings (SSSR count). The Labute approximate surface area is 144 Å². The average Bonchev–Trinajstić information content (AvgIpc) is 2.50. The molecule has 1 atom stereocenters. The van der Waals surface area contributed by atoms with E-state index in [0.29, 0.717) is 5.69 Å². The first-order valence-electron chi connectivity index (χ1n) is 6.58. The summed E-state index contributed by atoms with van der Waals surface area (Å²) in [7, 11) is -3.72. The lowest BCUT2D eigenvalue weighted by Crippen LogP contribution is -2.32. The topological polar surface area (TPSA) is 89.3 Å². The molecular weight excluding hydrogens is 359 g/mol. The maximum Gasteiger partial charge on any atom is 0.240 e. The van der Waals surface area contributed by atoms with Crippen LogP contribution in [-0.2, 0) is 14.6 Å². The molecule has 0 aliphatic carbocycles. The molecule has 0 spiro atoms. The van der Waals surface area contributed by atoms with Gasteiger partial charge in [0.2, 0.25) is 15.7 Å². The maximum atomic E-state index is 12.5. The Hall–Kier alpha value is -1.60. The number of benzene rings is 2. The van der Waals surface area contributed by atoms with Crippen LogP contribution in [0.15, 0.2) is 52.3 Å². The van der Waals surface area contributed by atoms with Gasteiger partial charge in [-0.2, -0.15) is 0 Å². The van der Waals surface area contributed by atoms with Crippen LogP contribution in [-0.4, -0.2) is 20.4 Å². The number of carbonyl (C=O) groups is 1. The molecule has 0 radical (unpaired) electrons. The number of sulfone groups is 1. The van der Waals surface area contributed by atoms with Gasteiger partial charge in [0.05, 0.1) is 25.9 Å². The van der Waals surface area contributed by atoms with Gasteiger partial charge in [-0.1, -0.05) is 23.2 Å². The lowest BCUT2D eigenvalue weighted by Gasteiger charge is -2.09. The molecule has 0 saturated carbocycles. The Kier molecular flexibility index (Phi) is 5.31. The summed E-state index contributed by atoms with van der Waals surface area (Å²) >= 11 is 11.7. The summed E-state index contributed by atoms with van der Waals surface area (Å²) in [5, 5.41) is 3.02. The second kappa shape index (κ2) is 6.88. The number of anilines is 1. The standard InChI is InChI=1S/C15H14Cl2N2O3S/c1-9(18)15(20)19-10-2-4-11(5-3-10)23(21,22)12-6-7-13(16)14(17)8-12/h2-9H,18H2,1H3,(H,19,20). The highest BCUT2D eigenvalue weighted by Crippen LogP contribution is 2.28. The largest absolute Gasteiger partial charge is 0.325 e. The normalized spacial score (nSPS) is 12.7. The number of halogens is 2. The van der Waals surface area contributed by atoms with E-state index in [1.165, 1.54) is 42.5 Å². The van der Waals surface area contributed by atoms with Crippen molar-refractivity contribution < 1.29 is 13.2 Å². The fraction of sp³-hybridized carbons (Fsp3) is 0.133. The van der Waals surface area contributed by atoms with Crippen LogP contribution in [0.5, 0.6) is 0 Å². The number of hydrogen-bond donors (Lipinski definition) is 2. The molecule has 5 nitrogen and oxygen atoms in total. The van der Waals surface area contributed by atoms with Crippen LogP contribution in [0.3, 0.4) is 0 Å². The molecular formula is C15H14Cl2N2O3S. The minimum atomic E-state index is -3.72. The van der Waals surface area contributed by atoms with E-state index in [2.05, 4.69) is 5.32 Å².